The van der Waals surface area contributed by atoms with E-state index in [1.807, 2.05) is 6.92 Å². The van der Waals surface area contributed by atoms with Gasteiger partial charge >= 0.3 is 0 Å². The second-order valence-electron chi connectivity index (χ2n) is 4.66. The summed E-state index contributed by atoms with van der Waals surface area (Å²) in [5.41, 5.74) is 1.46. The third-order valence-electron chi connectivity index (χ3n) is 3.10. The van der Waals surface area contributed by atoms with Crippen molar-refractivity contribution in [3.8, 4) is 0 Å². The molecule has 1 aromatic carbocycles. The van der Waals surface area contributed by atoms with Gasteiger partial charge in [0.15, 0.2) is 0 Å². The quantitative estimate of drug-likeness (QED) is 0.899. The van der Waals surface area contributed by atoms with Gasteiger partial charge in [0.25, 0.3) is 0 Å². The number of piperazine rings is 1. The normalized spacial score (nSPS) is 16.4. The lowest BCUT2D eigenvalue weighted by Gasteiger charge is -2.26. The first-order chi connectivity index (χ1) is 9.06. The van der Waals surface area contributed by atoms with Gasteiger partial charge in [-0.15, -0.1) is 0 Å². The molecule has 0 saturated carbocycles. The predicted octanol–water partition coefficient (Wildman–Crippen LogP) is 2.15. The van der Waals surface area contributed by atoms with Crippen molar-refractivity contribution in [2.24, 2.45) is 0 Å². The van der Waals surface area contributed by atoms with Crippen LogP contribution in [0.3, 0.4) is 0 Å². The highest BCUT2D eigenvalue weighted by atomic mass is 35.5. The first kappa shape index (κ1) is 14.6. The monoisotopic (exact) mass is 301 g/mol. The molecule has 0 unspecified atom stereocenters. The Balaban J connectivity index is 1.96. The van der Waals surface area contributed by atoms with E-state index in [1.165, 1.54) is 0 Å². The van der Waals surface area contributed by atoms with Gasteiger partial charge in [0.2, 0.25) is 5.91 Å². The first-order valence-corrected chi connectivity index (χ1v) is 7.00. The van der Waals surface area contributed by atoms with Gasteiger partial charge in [-0.2, -0.15) is 0 Å². The van der Waals surface area contributed by atoms with Crippen LogP contribution in [-0.2, 0) is 4.79 Å². The van der Waals surface area contributed by atoms with E-state index >= 15 is 0 Å². The Morgan fingerprint density at radius 3 is 2.68 bits per heavy atom. The molecule has 0 spiro atoms. The molecular formula is C13H17Cl2N3O. The molecule has 6 heteroatoms. The highest BCUT2D eigenvalue weighted by Gasteiger charge is 2.14. The summed E-state index contributed by atoms with van der Waals surface area (Å²) in [5.74, 6) is -0.0660. The van der Waals surface area contributed by atoms with Crippen molar-refractivity contribution in [1.29, 1.82) is 0 Å². The number of carbonyl (C=O) groups excluding carboxylic acids is 1. The molecule has 1 aliphatic heterocycles. The van der Waals surface area contributed by atoms with E-state index in [0.29, 0.717) is 22.3 Å². The standard InChI is InChI=1S/C13H17Cl2N3O/c1-9-6-11(15)12(7-10(9)14)17-13(19)8-18-4-2-16-3-5-18/h6-7,16H,2-5,8H2,1H3,(H,17,19). The molecule has 4 nitrogen and oxygen atoms in total. The molecule has 2 rings (SSSR count). The Morgan fingerprint density at radius 1 is 1.32 bits per heavy atom. The van der Waals surface area contributed by atoms with E-state index in [1.54, 1.807) is 12.1 Å². The number of nitrogens with one attached hydrogen (secondary N) is 2. The summed E-state index contributed by atoms with van der Waals surface area (Å²) >= 11 is 12.1. The third-order valence-corrected chi connectivity index (χ3v) is 3.82. The smallest absolute Gasteiger partial charge is 0.238 e. The first-order valence-electron chi connectivity index (χ1n) is 6.25. The van der Waals surface area contributed by atoms with Crippen LogP contribution in [0.2, 0.25) is 10.0 Å². The second-order valence-corrected chi connectivity index (χ2v) is 5.47. The number of hydrogen-bond acceptors (Lipinski definition) is 3. The highest BCUT2D eigenvalue weighted by molar-refractivity contribution is 6.36. The Kier molecular flexibility index (Phi) is 5.05. The average molecular weight is 302 g/mol. The summed E-state index contributed by atoms with van der Waals surface area (Å²) in [7, 11) is 0. The van der Waals surface area contributed by atoms with Crippen LogP contribution in [0.1, 0.15) is 5.56 Å². The molecule has 0 atom stereocenters. The van der Waals surface area contributed by atoms with Gasteiger partial charge in [-0.05, 0) is 24.6 Å². The fraction of sp³-hybridized carbons (Fsp3) is 0.462. The average Bonchev–Trinajstić information content (AvgIpc) is 2.37. The summed E-state index contributed by atoms with van der Waals surface area (Å²) < 4.78 is 0. The topological polar surface area (TPSA) is 44.4 Å². The highest BCUT2D eigenvalue weighted by Crippen LogP contribution is 2.28. The van der Waals surface area contributed by atoms with Crippen molar-refractivity contribution in [1.82, 2.24) is 10.2 Å². The largest absolute Gasteiger partial charge is 0.324 e. The van der Waals surface area contributed by atoms with Crippen LogP contribution >= 0.6 is 23.2 Å². The fourth-order valence-corrected chi connectivity index (χ4v) is 2.43. The lowest BCUT2D eigenvalue weighted by molar-refractivity contribution is -0.117. The zero-order valence-electron chi connectivity index (χ0n) is 10.8. The summed E-state index contributed by atoms with van der Waals surface area (Å²) in [4.78, 5) is 14.1. The van der Waals surface area contributed by atoms with E-state index in [0.717, 1.165) is 31.7 Å². The third kappa shape index (κ3) is 4.08. The molecule has 0 radical (unpaired) electrons. The lowest BCUT2D eigenvalue weighted by Crippen LogP contribution is -2.46. The van der Waals surface area contributed by atoms with E-state index in [9.17, 15) is 4.79 Å². The molecular weight excluding hydrogens is 285 g/mol. The number of nitrogens with zero attached hydrogens (tertiary/aromatic N) is 1. The fourth-order valence-electron chi connectivity index (χ4n) is 2.00. The van der Waals surface area contributed by atoms with Gasteiger partial charge in [-0.25, -0.2) is 0 Å². The Labute approximate surface area is 123 Å². The number of amides is 1. The molecule has 0 bridgehead atoms. The molecule has 1 heterocycles. The van der Waals surface area contributed by atoms with E-state index in [-0.39, 0.29) is 5.91 Å². The summed E-state index contributed by atoms with van der Waals surface area (Å²) in [6.45, 7) is 5.87. The molecule has 1 amide bonds. The molecule has 1 saturated heterocycles. The number of aryl methyl sites for hydroxylation is 1. The zero-order chi connectivity index (χ0) is 13.8. The lowest BCUT2D eigenvalue weighted by atomic mass is 10.2. The summed E-state index contributed by atoms with van der Waals surface area (Å²) in [6, 6.07) is 3.44. The van der Waals surface area contributed by atoms with Crippen LogP contribution in [0.25, 0.3) is 0 Å². The molecule has 19 heavy (non-hydrogen) atoms. The Bertz CT molecular complexity index is 473. The number of hydrogen-bond donors (Lipinski definition) is 2. The summed E-state index contributed by atoms with van der Waals surface area (Å²) in [6.07, 6.45) is 0. The maximum absolute atomic E-state index is 12.0. The van der Waals surface area contributed by atoms with Gasteiger partial charge in [0, 0.05) is 31.2 Å². The van der Waals surface area contributed by atoms with E-state index in [4.69, 9.17) is 23.2 Å². The molecule has 0 aromatic heterocycles. The van der Waals surface area contributed by atoms with Crippen LogP contribution in [0.4, 0.5) is 5.69 Å². The van der Waals surface area contributed by atoms with Gasteiger partial charge in [0.1, 0.15) is 0 Å². The van der Waals surface area contributed by atoms with E-state index < -0.39 is 0 Å². The van der Waals surface area contributed by atoms with Gasteiger partial charge in [-0.3, -0.25) is 9.69 Å². The van der Waals surface area contributed by atoms with Crippen LogP contribution in [0, 0.1) is 6.92 Å². The number of anilines is 1. The second kappa shape index (κ2) is 6.57. The molecule has 1 fully saturated rings. The SMILES string of the molecule is Cc1cc(Cl)c(NC(=O)CN2CCNCC2)cc1Cl. The molecule has 2 N–H and O–H groups in total. The van der Waals surface area contributed by atoms with Gasteiger partial charge < -0.3 is 10.6 Å². The van der Waals surface area contributed by atoms with E-state index in [2.05, 4.69) is 15.5 Å². The molecule has 104 valence electrons. The number of benzene rings is 1. The van der Waals surface area contributed by atoms with Crippen LogP contribution in [0.15, 0.2) is 12.1 Å². The molecule has 1 aromatic rings. The van der Waals surface area contributed by atoms with Crippen LogP contribution in [-0.4, -0.2) is 43.5 Å². The molecule has 0 aliphatic carbocycles. The Morgan fingerprint density at radius 2 is 2.00 bits per heavy atom. The van der Waals surface area contributed by atoms with Crippen molar-refractivity contribution >= 4 is 34.8 Å². The maximum Gasteiger partial charge on any atom is 0.238 e. The minimum absolute atomic E-state index is 0.0660. The van der Waals surface area contributed by atoms with Crippen molar-refractivity contribution < 1.29 is 4.79 Å². The van der Waals surface area contributed by atoms with Crippen molar-refractivity contribution in [3.05, 3.63) is 27.7 Å². The van der Waals surface area contributed by atoms with Crippen molar-refractivity contribution in [3.63, 3.8) is 0 Å². The minimum Gasteiger partial charge on any atom is -0.324 e. The van der Waals surface area contributed by atoms with Crippen LogP contribution in [0.5, 0.6) is 0 Å². The zero-order valence-corrected chi connectivity index (χ0v) is 12.3. The summed E-state index contributed by atoms with van der Waals surface area (Å²) in [5, 5.41) is 7.17. The number of carbonyl (C=O) groups is 1. The Hall–Kier alpha value is -0.810. The predicted molar refractivity (Wildman–Crippen MR) is 79.1 cm³/mol. The molecule has 1 aliphatic rings. The van der Waals surface area contributed by atoms with Crippen molar-refractivity contribution in [2.75, 3.05) is 38.0 Å². The van der Waals surface area contributed by atoms with Gasteiger partial charge in [-0.1, -0.05) is 23.2 Å². The van der Waals surface area contributed by atoms with Crippen molar-refractivity contribution in [2.45, 2.75) is 6.92 Å². The van der Waals surface area contributed by atoms with Crippen LogP contribution < -0.4 is 10.6 Å². The minimum atomic E-state index is -0.0660. The van der Waals surface area contributed by atoms with Gasteiger partial charge in [0.05, 0.1) is 17.3 Å². The number of halogens is 2. The maximum atomic E-state index is 12.0. The number of rotatable bonds is 3.